The number of hydrogen-bond acceptors (Lipinski definition) is 4. The Kier molecular flexibility index (Phi) is 27.9. The zero-order valence-corrected chi connectivity index (χ0v) is 20.9. The van der Waals surface area contributed by atoms with Crippen LogP contribution in [-0.2, 0) is 19.1 Å². The SMILES string of the molecule is CCCCCCCCCCCC(=O)OCC.O=C(O)CCCCCCCCCCC(=O)O. The third kappa shape index (κ3) is 33.1. The van der Waals surface area contributed by atoms with E-state index in [1.54, 1.807) is 0 Å². The molecule has 190 valence electrons. The maximum absolute atomic E-state index is 11.0. The van der Waals surface area contributed by atoms with Gasteiger partial charge in [0.1, 0.15) is 0 Å². The van der Waals surface area contributed by atoms with Gasteiger partial charge in [0.2, 0.25) is 0 Å². The highest BCUT2D eigenvalue weighted by molar-refractivity contribution is 5.69. The molecule has 0 saturated heterocycles. The van der Waals surface area contributed by atoms with Crippen LogP contribution in [0.4, 0.5) is 0 Å². The number of carboxylic acid groups (broad SMARTS) is 2. The van der Waals surface area contributed by atoms with Crippen molar-refractivity contribution in [2.45, 2.75) is 142 Å². The van der Waals surface area contributed by atoms with Crippen molar-refractivity contribution >= 4 is 17.9 Å². The molecule has 0 atom stereocenters. The molecule has 0 aromatic rings. The summed E-state index contributed by atoms with van der Waals surface area (Å²) in [5, 5.41) is 16.8. The smallest absolute Gasteiger partial charge is 0.305 e. The zero-order valence-electron chi connectivity index (χ0n) is 20.9. The van der Waals surface area contributed by atoms with Gasteiger partial charge in [-0.25, -0.2) is 0 Å². The third-order valence-corrected chi connectivity index (χ3v) is 5.32. The molecule has 0 aliphatic carbocycles. The Morgan fingerprint density at radius 2 is 0.812 bits per heavy atom. The van der Waals surface area contributed by atoms with Gasteiger partial charge in [-0.3, -0.25) is 14.4 Å². The summed E-state index contributed by atoms with van der Waals surface area (Å²) in [6.07, 6.45) is 20.7. The normalized spacial score (nSPS) is 10.3. The van der Waals surface area contributed by atoms with Gasteiger partial charge in [-0.15, -0.1) is 0 Å². The van der Waals surface area contributed by atoms with Crippen LogP contribution >= 0.6 is 0 Å². The van der Waals surface area contributed by atoms with Crippen molar-refractivity contribution < 1.29 is 29.3 Å². The molecule has 0 unspecified atom stereocenters. The number of carboxylic acids is 2. The van der Waals surface area contributed by atoms with Crippen molar-refractivity contribution in [3.63, 3.8) is 0 Å². The molecular formula is C26H50O6. The highest BCUT2D eigenvalue weighted by Crippen LogP contribution is 2.11. The number of aliphatic carboxylic acids is 2. The number of carbonyl (C=O) groups excluding carboxylic acids is 1. The number of unbranched alkanes of at least 4 members (excludes halogenated alkanes) is 15. The molecular weight excluding hydrogens is 408 g/mol. The number of carbonyl (C=O) groups is 3. The van der Waals surface area contributed by atoms with Crippen LogP contribution in [0.2, 0.25) is 0 Å². The van der Waals surface area contributed by atoms with Gasteiger partial charge in [0.15, 0.2) is 0 Å². The quantitative estimate of drug-likeness (QED) is 0.128. The van der Waals surface area contributed by atoms with Gasteiger partial charge >= 0.3 is 17.9 Å². The first kappa shape index (κ1) is 32.6. The van der Waals surface area contributed by atoms with E-state index in [4.69, 9.17) is 14.9 Å². The number of hydrogen-bond donors (Lipinski definition) is 2. The molecule has 0 aromatic heterocycles. The first-order valence-electron chi connectivity index (χ1n) is 13.0. The van der Waals surface area contributed by atoms with E-state index in [9.17, 15) is 14.4 Å². The molecule has 2 N–H and O–H groups in total. The molecule has 6 nitrogen and oxygen atoms in total. The second kappa shape index (κ2) is 27.4. The fourth-order valence-electron chi connectivity index (χ4n) is 3.43. The van der Waals surface area contributed by atoms with Crippen LogP contribution < -0.4 is 0 Å². The zero-order chi connectivity index (χ0) is 24.3. The third-order valence-electron chi connectivity index (χ3n) is 5.32. The van der Waals surface area contributed by atoms with Crippen LogP contribution in [0, 0.1) is 0 Å². The molecule has 0 radical (unpaired) electrons. The van der Waals surface area contributed by atoms with Gasteiger partial charge in [-0.1, -0.05) is 96.8 Å². The van der Waals surface area contributed by atoms with Crippen molar-refractivity contribution in [1.29, 1.82) is 0 Å². The molecule has 0 heterocycles. The predicted molar refractivity (Wildman–Crippen MR) is 130 cm³/mol. The fourth-order valence-corrected chi connectivity index (χ4v) is 3.43. The summed E-state index contributed by atoms with van der Waals surface area (Å²) < 4.78 is 4.87. The summed E-state index contributed by atoms with van der Waals surface area (Å²) in [6.45, 7) is 4.61. The molecule has 0 bridgehead atoms. The maximum atomic E-state index is 11.0. The van der Waals surface area contributed by atoms with Crippen LogP contribution in [0.25, 0.3) is 0 Å². The van der Waals surface area contributed by atoms with Gasteiger partial charge < -0.3 is 14.9 Å². The second-order valence-corrected chi connectivity index (χ2v) is 8.50. The maximum Gasteiger partial charge on any atom is 0.305 e. The Balaban J connectivity index is 0. The van der Waals surface area contributed by atoms with Gasteiger partial charge in [-0.05, 0) is 26.2 Å². The standard InChI is InChI=1S/C14H28O2.C12H22O4/c1-3-5-6-7-8-9-10-11-12-13-14(15)16-4-2;13-11(14)9-7-5-3-1-2-4-6-8-10-12(15)16/h3-13H2,1-2H3;1-10H2,(H,13,14)(H,15,16). The lowest BCUT2D eigenvalue weighted by atomic mass is 10.1. The molecule has 6 heteroatoms. The van der Waals surface area contributed by atoms with Gasteiger partial charge in [-0.2, -0.15) is 0 Å². The van der Waals surface area contributed by atoms with Gasteiger partial charge in [0, 0.05) is 19.3 Å². The van der Waals surface area contributed by atoms with E-state index in [1.165, 1.54) is 51.4 Å². The van der Waals surface area contributed by atoms with Crippen LogP contribution in [-0.4, -0.2) is 34.7 Å². The summed E-state index contributed by atoms with van der Waals surface area (Å²) in [5.41, 5.74) is 0. The molecule has 0 rings (SSSR count). The van der Waals surface area contributed by atoms with E-state index in [0.717, 1.165) is 57.8 Å². The Morgan fingerprint density at radius 3 is 1.12 bits per heavy atom. The summed E-state index contributed by atoms with van der Waals surface area (Å²) in [7, 11) is 0. The minimum Gasteiger partial charge on any atom is -0.481 e. The van der Waals surface area contributed by atoms with E-state index < -0.39 is 11.9 Å². The lowest BCUT2D eigenvalue weighted by Crippen LogP contribution is -2.03. The monoisotopic (exact) mass is 458 g/mol. The summed E-state index contributed by atoms with van der Waals surface area (Å²) in [5.74, 6) is -1.47. The molecule has 0 aliphatic rings. The molecule has 0 fully saturated rings. The Morgan fingerprint density at radius 1 is 0.500 bits per heavy atom. The van der Waals surface area contributed by atoms with E-state index in [2.05, 4.69) is 6.92 Å². The summed E-state index contributed by atoms with van der Waals surface area (Å²) in [6, 6.07) is 0. The fraction of sp³-hybridized carbons (Fsp3) is 0.885. The predicted octanol–water partition coefficient (Wildman–Crippen LogP) is 7.53. The Bertz CT molecular complexity index is 414. The minimum absolute atomic E-state index is 0.0366. The average molecular weight is 459 g/mol. The van der Waals surface area contributed by atoms with E-state index >= 15 is 0 Å². The van der Waals surface area contributed by atoms with Gasteiger partial charge in [0.25, 0.3) is 0 Å². The van der Waals surface area contributed by atoms with Crippen LogP contribution in [0.5, 0.6) is 0 Å². The van der Waals surface area contributed by atoms with Gasteiger partial charge in [0.05, 0.1) is 6.61 Å². The number of ether oxygens (including phenoxy) is 1. The Hall–Kier alpha value is -1.59. The van der Waals surface area contributed by atoms with Crippen molar-refractivity contribution in [1.82, 2.24) is 0 Å². The molecule has 0 spiro atoms. The van der Waals surface area contributed by atoms with E-state index in [1.807, 2.05) is 6.92 Å². The lowest BCUT2D eigenvalue weighted by molar-refractivity contribution is -0.143. The molecule has 0 aromatic carbocycles. The number of esters is 1. The average Bonchev–Trinajstić information content (AvgIpc) is 2.74. The van der Waals surface area contributed by atoms with E-state index in [-0.39, 0.29) is 18.8 Å². The highest BCUT2D eigenvalue weighted by atomic mass is 16.5. The Labute approximate surface area is 196 Å². The molecule has 0 aliphatic heterocycles. The molecule has 32 heavy (non-hydrogen) atoms. The molecule has 0 saturated carbocycles. The van der Waals surface area contributed by atoms with Crippen molar-refractivity contribution in [2.75, 3.05) is 6.61 Å². The van der Waals surface area contributed by atoms with Crippen molar-refractivity contribution in [2.24, 2.45) is 0 Å². The minimum atomic E-state index is -0.714. The number of rotatable bonds is 22. The first-order valence-corrected chi connectivity index (χ1v) is 13.0. The summed E-state index contributed by atoms with van der Waals surface area (Å²) in [4.78, 5) is 31.5. The topological polar surface area (TPSA) is 101 Å². The molecule has 0 amide bonds. The first-order chi connectivity index (χ1) is 15.4. The lowest BCUT2D eigenvalue weighted by Gasteiger charge is -2.02. The van der Waals surface area contributed by atoms with Crippen molar-refractivity contribution in [3.05, 3.63) is 0 Å². The second-order valence-electron chi connectivity index (χ2n) is 8.50. The largest absolute Gasteiger partial charge is 0.481 e. The van der Waals surface area contributed by atoms with Crippen LogP contribution in [0.3, 0.4) is 0 Å². The van der Waals surface area contributed by atoms with Crippen molar-refractivity contribution in [3.8, 4) is 0 Å². The van der Waals surface area contributed by atoms with Crippen LogP contribution in [0.1, 0.15) is 142 Å². The summed E-state index contributed by atoms with van der Waals surface area (Å²) >= 11 is 0. The highest BCUT2D eigenvalue weighted by Gasteiger charge is 2.00. The van der Waals surface area contributed by atoms with Crippen LogP contribution in [0.15, 0.2) is 0 Å². The van der Waals surface area contributed by atoms with E-state index in [0.29, 0.717) is 13.0 Å².